The molecule has 7 rings (SSSR count). The van der Waals surface area contributed by atoms with Crippen molar-refractivity contribution in [3.05, 3.63) is 127 Å². The summed E-state index contributed by atoms with van der Waals surface area (Å²) in [5, 5.41) is 5.28. The molecule has 1 heterocycles. The predicted octanol–water partition coefficient (Wildman–Crippen LogP) is 8.71. The Hall–Kier alpha value is -4.36. The first-order valence-corrected chi connectivity index (χ1v) is 11.4. The summed E-state index contributed by atoms with van der Waals surface area (Å²) in [4.78, 5) is 0. The van der Waals surface area contributed by atoms with Gasteiger partial charge in [0.15, 0.2) is 0 Å². The van der Waals surface area contributed by atoms with E-state index in [1.54, 1.807) is 0 Å². The van der Waals surface area contributed by atoms with E-state index in [4.69, 9.17) is 0 Å². The molecule has 0 aliphatic heterocycles. The number of aromatic nitrogens is 1. The quantitative estimate of drug-likeness (QED) is 0.252. The van der Waals surface area contributed by atoms with Gasteiger partial charge >= 0.3 is 0 Å². The average Bonchev–Trinajstić information content (AvgIpc) is 3.24. The van der Waals surface area contributed by atoms with Crippen LogP contribution in [0.5, 0.6) is 0 Å². The molecule has 154 valence electrons. The van der Waals surface area contributed by atoms with Crippen molar-refractivity contribution in [2.75, 3.05) is 0 Å². The molecule has 1 nitrogen and oxygen atoms in total. The van der Waals surface area contributed by atoms with E-state index < -0.39 is 0 Å². The Morgan fingerprint density at radius 2 is 0.788 bits per heavy atom. The van der Waals surface area contributed by atoms with Gasteiger partial charge < -0.3 is 4.57 Å². The summed E-state index contributed by atoms with van der Waals surface area (Å²) >= 11 is 0. The second-order valence-corrected chi connectivity index (χ2v) is 8.58. The van der Waals surface area contributed by atoms with Crippen LogP contribution in [0.3, 0.4) is 0 Å². The predicted molar refractivity (Wildman–Crippen MR) is 140 cm³/mol. The summed E-state index contributed by atoms with van der Waals surface area (Å²) in [6.07, 6.45) is 0. The van der Waals surface area contributed by atoms with Crippen LogP contribution in [0.25, 0.3) is 60.5 Å². The Morgan fingerprint density at radius 1 is 0.364 bits per heavy atom. The maximum absolute atomic E-state index is 2.41. The summed E-state index contributed by atoms with van der Waals surface area (Å²) in [5.41, 5.74) is 8.76. The molecular weight excluding hydrogens is 398 g/mol. The van der Waals surface area contributed by atoms with Crippen LogP contribution >= 0.6 is 0 Å². The maximum Gasteiger partial charge on any atom is 0.0547 e. The number of hydrogen-bond acceptors (Lipinski definition) is 0. The second kappa shape index (κ2) is 7.08. The third kappa shape index (κ3) is 2.66. The van der Waals surface area contributed by atoms with Gasteiger partial charge in [-0.15, -0.1) is 0 Å². The molecule has 0 radical (unpaired) electrons. The van der Waals surface area contributed by atoms with Gasteiger partial charge in [0.1, 0.15) is 0 Å². The van der Waals surface area contributed by atoms with Crippen LogP contribution in [0, 0.1) is 0 Å². The van der Waals surface area contributed by atoms with Gasteiger partial charge in [0, 0.05) is 16.5 Å². The summed E-state index contributed by atoms with van der Waals surface area (Å²) in [6.45, 7) is 0. The van der Waals surface area contributed by atoms with E-state index in [0.29, 0.717) is 0 Å². The average molecular weight is 420 g/mol. The first kappa shape index (κ1) is 18.2. The number of hydrogen-bond donors (Lipinski definition) is 0. The summed E-state index contributed by atoms with van der Waals surface area (Å²) in [6, 6.07) is 45.9. The number of benzene rings is 6. The Kier molecular flexibility index (Phi) is 3.91. The standard InChI is InChI=1S/C32H21N/c1-4-10-22(11-5-1)25-18-20-29-31-27(25)16-17-28-26(23-12-6-2-7-13-23)19-21-30(32(28)31)33(29)24-14-8-3-9-15-24/h1-21H. The van der Waals surface area contributed by atoms with Crippen molar-refractivity contribution in [2.45, 2.75) is 0 Å². The first-order chi connectivity index (χ1) is 16.4. The minimum absolute atomic E-state index is 1.19. The van der Waals surface area contributed by atoms with Crippen LogP contribution in [0.1, 0.15) is 0 Å². The normalized spacial score (nSPS) is 11.6. The van der Waals surface area contributed by atoms with Crippen LogP contribution in [0.15, 0.2) is 127 Å². The highest BCUT2D eigenvalue weighted by Crippen LogP contribution is 2.44. The van der Waals surface area contributed by atoms with E-state index in [-0.39, 0.29) is 0 Å². The van der Waals surface area contributed by atoms with Crippen LogP contribution < -0.4 is 0 Å². The topological polar surface area (TPSA) is 4.93 Å². The molecule has 1 aromatic heterocycles. The number of para-hydroxylation sites is 1. The molecule has 0 saturated carbocycles. The molecule has 0 amide bonds. The Bertz CT molecular complexity index is 1620. The monoisotopic (exact) mass is 419 g/mol. The molecule has 0 aliphatic rings. The molecular formula is C32H21N. The van der Waals surface area contributed by atoms with Crippen molar-refractivity contribution < 1.29 is 0 Å². The lowest BCUT2D eigenvalue weighted by molar-refractivity contribution is 1.18. The molecule has 0 spiro atoms. The zero-order chi connectivity index (χ0) is 21.8. The Balaban J connectivity index is 1.66. The minimum atomic E-state index is 1.19. The summed E-state index contributed by atoms with van der Waals surface area (Å²) < 4.78 is 2.41. The van der Waals surface area contributed by atoms with Crippen LogP contribution in [0.4, 0.5) is 0 Å². The zero-order valence-corrected chi connectivity index (χ0v) is 18.1. The van der Waals surface area contributed by atoms with Crippen molar-refractivity contribution in [2.24, 2.45) is 0 Å². The highest BCUT2D eigenvalue weighted by Gasteiger charge is 2.20. The summed E-state index contributed by atoms with van der Waals surface area (Å²) in [5.74, 6) is 0. The van der Waals surface area contributed by atoms with Gasteiger partial charge in [0.25, 0.3) is 0 Å². The van der Waals surface area contributed by atoms with E-state index in [9.17, 15) is 0 Å². The van der Waals surface area contributed by atoms with Crippen molar-refractivity contribution in [1.29, 1.82) is 0 Å². The molecule has 6 aromatic carbocycles. The third-order valence-electron chi connectivity index (χ3n) is 6.78. The minimum Gasteiger partial charge on any atom is -0.309 e. The van der Waals surface area contributed by atoms with Crippen LogP contribution in [0.2, 0.25) is 0 Å². The van der Waals surface area contributed by atoms with E-state index in [1.165, 1.54) is 60.5 Å². The van der Waals surface area contributed by atoms with Crippen molar-refractivity contribution in [1.82, 2.24) is 4.57 Å². The number of rotatable bonds is 3. The van der Waals surface area contributed by atoms with Gasteiger partial charge in [-0.3, -0.25) is 0 Å². The molecule has 7 aromatic rings. The third-order valence-corrected chi connectivity index (χ3v) is 6.78. The smallest absolute Gasteiger partial charge is 0.0547 e. The van der Waals surface area contributed by atoms with E-state index >= 15 is 0 Å². The van der Waals surface area contributed by atoms with E-state index in [2.05, 4.69) is 132 Å². The molecule has 0 unspecified atom stereocenters. The first-order valence-electron chi connectivity index (χ1n) is 11.4. The van der Waals surface area contributed by atoms with Crippen LogP contribution in [-0.4, -0.2) is 4.57 Å². The van der Waals surface area contributed by atoms with Crippen molar-refractivity contribution in [3.8, 4) is 27.9 Å². The molecule has 0 N–H and O–H groups in total. The largest absolute Gasteiger partial charge is 0.309 e. The van der Waals surface area contributed by atoms with E-state index in [0.717, 1.165) is 0 Å². The molecule has 33 heavy (non-hydrogen) atoms. The fraction of sp³-hybridized carbons (Fsp3) is 0. The highest BCUT2D eigenvalue weighted by molar-refractivity contribution is 6.28. The molecule has 0 aliphatic carbocycles. The van der Waals surface area contributed by atoms with Crippen LogP contribution in [-0.2, 0) is 0 Å². The van der Waals surface area contributed by atoms with E-state index in [1.807, 2.05) is 0 Å². The Morgan fingerprint density at radius 3 is 1.24 bits per heavy atom. The van der Waals surface area contributed by atoms with Gasteiger partial charge in [-0.05, 0) is 57.3 Å². The molecule has 0 fully saturated rings. The molecule has 0 atom stereocenters. The van der Waals surface area contributed by atoms with Gasteiger partial charge in [-0.2, -0.15) is 0 Å². The SMILES string of the molecule is c1ccc(-c2ccc3c4c2ccc2c(-c5ccccc5)ccc(c24)n3-c2ccccc2)cc1. The molecule has 0 saturated heterocycles. The fourth-order valence-corrected chi connectivity index (χ4v) is 5.35. The lowest BCUT2D eigenvalue weighted by Gasteiger charge is -2.11. The van der Waals surface area contributed by atoms with Gasteiger partial charge in [-0.1, -0.05) is 103 Å². The Labute approximate surface area is 192 Å². The van der Waals surface area contributed by atoms with Crippen molar-refractivity contribution in [3.63, 3.8) is 0 Å². The highest BCUT2D eigenvalue weighted by atomic mass is 15.0. The zero-order valence-electron chi connectivity index (χ0n) is 18.1. The van der Waals surface area contributed by atoms with Gasteiger partial charge in [-0.25, -0.2) is 0 Å². The molecule has 0 bridgehead atoms. The van der Waals surface area contributed by atoms with Gasteiger partial charge in [0.05, 0.1) is 11.0 Å². The maximum atomic E-state index is 2.41. The molecule has 1 heteroatoms. The second-order valence-electron chi connectivity index (χ2n) is 8.58. The number of nitrogens with zero attached hydrogens (tertiary/aromatic N) is 1. The van der Waals surface area contributed by atoms with Gasteiger partial charge in [0.2, 0.25) is 0 Å². The fourth-order valence-electron chi connectivity index (χ4n) is 5.35. The van der Waals surface area contributed by atoms with Crippen molar-refractivity contribution >= 4 is 32.6 Å². The summed E-state index contributed by atoms with van der Waals surface area (Å²) in [7, 11) is 0. The lowest BCUT2D eigenvalue weighted by atomic mass is 9.91. The lowest BCUT2D eigenvalue weighted by Crippen LogP contribution is -1.93.